The number of amides is 1. The van der Waals surface area contributed by atoms with E-state index in [0.717, 1.165) is 22.5 Å². The van der Waals surface area contributed by atoms with E-state index < -0.39 is 0 Å². The molecule has 0 aliphatic carbocycles. The molecule has 0 spiro atoms. The molecular formula is C24H34N4O2. The number of phenolic OH excluding ortho intramolecular Hbond substituents is 1. The van der Waals surface area contributed by atoms with Gasteiger partial charge in [0.15, 0.2) is 0 Å². The molecule has 1 amide bonds. The summed E-state index contributed by atoms with van der Waals surface area (Å²) in [6.07, 6.45) is 5.74. The summed E-state index contributed by atoms with van der Waals surface area (Å²) in [5, 5.41) is 19.9. The number of allylic oxidation sites excluding steroid dienone is 3. The van der Waals surface area contributed by atoms with Crippen LogP contribution in [0.5, 0.6) is 5.75 Å². The van der Waals surface area contributed by atoms with Crippen LogP contribution in [0.25, 0.3) is 0 Å². The number of hydrazine groups is 1. The first-order valence-corrected chi connectivity index (χ1v) is 10.2. The summed E-state index contributed by atoms with van der Waals surface area (Å²) in [4.78, 5) is 12.7. The van der Waals surface area contributed by atoms with Crippen molar-refractivity contribution in [3.8, 4) is 5.75 Å². The highest BCUT2D eigenvalue weighted by Crippen LogP contribution is 2.21. The number of phenols is 1. The summed E-state index contributed by atoms with van der Waals surface area (Å²) in [5.41, 5.74) is 5.75. The molecule has 1 aliphatic rings. The number of aromatic hydroxyl groups is 1. The van der Waals surface area contributed by atoms with Crippen molar-refractivity contribution in [3.63, 3.8) is 0 Å². The standard InChI is InChI=1S/C24H34N4O2/c1-8-16(2)18(4)11-19(5)20(6)27(7)28-15-26-22(13-24(28)30)14-25-21-10-9-17(3)23(29)12-21/h8-13,20,25-26,29H,5,14-15H2,1-4,6-7H3/b16-8-,18-11-. The van der Waals surface area contributed by atoms with Crippen LogP contribution < -0.4 is 10.6 Å². The van der Waals surface area contributed by atoms with Gasteiger partial charge in [-0.25, -0.2) is 5.01 Å². The lowest BCUT2D eigenvalue weighted by molar-refractivity contribution is -0.145. The molecule has 2 rings (SSSR count). The topological polar surface area (TPSA) is 67.8 Å². The molecule has 1 aromatic rings. The van der Waals surface area contributed by atoms with Gasteiger partial charge in [-0.15, -0.1) is 0 Å². The maximum Gasteiger partial charge on any atom is 0.264 e. The maximum absolute atomic E-state index is 12.7. The van der Waals surface area contributed by atoms with Crippen molar-refractivity contribution in [2.75, 3.05) is 25.6 Å². The van der Waals surface area contributed by atoms with E-state index in [2.05, 4.69) is 43.2 Å². The number of carbonyl (C=O) groups excluding carboxylic acids is 1. The average Bonchev–Trinajstić information content (AvgIpc) is 2.72. The lowest BCUT2D eigenvalue weighted by Crippen LogP contribution is -2.54. The summed E-state index contributed by atoms with van der Waals surface area (Å²) < 4.78 is 0. The summed E-state index contributed by atoms with van der Waals surface area (Å²) in [6, 6.07) is 5.40. The van der Waals surface area contributed by atoms with Crippen molar-refractivity contribution in [3.05, 3.63) is 71.0 Å². The summed E-state index contributed by atoms with van der Waals surface area (Å²) in [6.45, 7) is 15.1. The number of nitrogens with zero attached hydrogens (tertiary/aromatic N) is 2. The molecule has 3 N–H and O–H groups in total. The smallest absolute Gasteiger partial charge is 0.264 e. The van der Waals surface area contributed by atoms with Crippen LogP contribution in [0.4, 0.5) is 5.69 Å². The number of rotatable bonds is 8. The van der Waals surface area contributed by atoms with E-state index in [-0.39, 0.29) is 17.7 Å². The van der Waals surface area contributed by atoms with Gasteiger partial charge in [-0.3, -0.25) is 9.80 Å². The molecule has 0 bridgehead atoms. The number of anilines is 1. The third-order valence-corrected chi connectivity index (χ3v) is 5.63. The number of hydrogen-bond acceptors (Lipinski definition) is 5. The highest BCUT2D eigenvalue weighted by molar-refractivity contribution is 5.88. The van der Waals surface area contributed by atoms with E-state index in [1.165, 1.54) is 11.1 Å². The van der Waals surface area contributed by atoms with Gasteiger partial charge in [-0.2, -0.15) is 0 Å². The Bertz CT molecular complexity index is 898. The molecule has 162 valence electrons. The van der Waals surface area contributed by atoms with Crippen LogP contribution in [0.2, 0.25) is 0 Å². The number of hydrogen-bond donors (Lipinski definition) is 3. The molecule has 1 aliphatic heterocycles. The van der Waals surface area contributed by atoms with Gasteiger partial charge in [0, 0.05) is 30.6 Å². The molecular weight excluding hydrogens is 376 g/mol. The summed E-state index contributed by atoms with van der Waals surface area (Å²) in [5.74, 6) is 0.169. The maximum atomic E-state index is 12.7. The molecule has 0 fully saturated rings. The quantitative estimate of drug-likeness (QED) is 0.563. The number of carbonyl (C=O) groups is 1. The molecule has 0 aromatic heterocycles. The number of benzene rings is 1. The first-order valence-electron chi connectivity index (χ1n) is 10.2. The average molecular weight is 411 g/mol. The largest absolute Gasteiger partial charge is 0.508 e. The predicted octanol–water partition coefficient (Wildman–Crippen LogP) is 4.09. The second-order valence-electron chi connectivity index (χ2n) is 7.72. The molecule has 0 radical (unpaired) electrons. The zero-order chi connectivity index (χ0) is 22.4. The van der Waals surface area contributed by atoms with Gasteiger partial charge in [-0.05, 0) is 57.4 Å². The van der Waals surface area contributed by atoms with Crippen LogP contribution in [0, 0.1) is 6.92 Å². The van der Waals surface area contributed by atoms with Crippen LogP contribution in [-0.2, 0) is 4.79 Å². The van der Waals surface area contributed by atoms with Crippen LogP contribution in [-0.4, -0.2) is 47.3 Å². The minimum absolute atomic E-state index is 0.0287. The van der Waals surface area contributed by atoms with E-state index in [1.54, 1.807) is 17.2 Å². The summed E-state index contributed by atoms with van der Waals surface area (Å²) in [7, 11) is 1.90. The Kier molecular flexibility index (Phi) is 7.89. The fourth-order valence-corrected chi connectivity index (χ4v) is 3.02. The molecule has 6 nitrogen and oxygen atoms in total. The van der Waals surface area contributed by atoms with Crippen LogP contribution in [0.3, 0.4) is 0 Å². The number of nitrogens with one attached hydrogen (secondary N) is 2. The molecule has 30 heavy (non-hydrogen) atoms. The molecule has 1 unspecified atom stereocenters. The normalized spacial score (nSPS) is 16.3. The van der Waals surface area contributed by atoms with Gasteiger partial charge in [0.1, 0.15) is 12.4 Å². The Morgan fingerprint density at radius 3 is 2.70 bits per heavy atom. The fraction of sp³-hybridized carbons (Fsp3) is 0.375. The highest BCUT2D eigenvalue weighted by Gasteiger charge is 2.25. The minimum atomic E-state index is -0.0789. The Morgan fingerprint density at radius 1 is 1.40 bits per heavy atom. The Labute approximate surface area is 180 Å². The minimum Gasteiger partial charge on any atom is -0.508 e. The van der Waals surface area contributed by atoms with E-state index in [4.69, 9.17) is 0 Å². The van der Waals surface area contributed by atoms with Crippen molar-refractivity contribution in [2.45, 2.75) is 40.7 Å². The van der Waals surface area contributed by atoms with Crippen LogP contribution >= 0.6 is 0 Å². The number of likely N-dealkylation sites (N-methyl/N-ethyl adjacent to an activating group) is 1. The lowest BCUT2D eigenvalue weighted by Gasteiger charge is -2.38. The van der Waals surface area contributed by atoms with E-state index in [1.807, 2.05) is 45.0 Å². The monoisotopic (exact) mass is 410 g/mol. The zero-order valence-electron chi connectivity index (χ0n) is 18.9. The van der Waals surface area contributed by atoms with Gasteiger partial charge in [0.2, 0.25) is 0 Å². The Balaban J connectivity index is 1.99. The van der Waals surface area contributed by atoms with Crippen molar-refractivity contribution >= 4 is 11.6 Å². The third kappa shape index (κ3) is 5.76. The fourth-order valence-electron chi connectivity index (χ4n) is 3.02. The van der Waals surface area contributed by atoms with Gasteiger partial charge in [0.05, 0.1) is 12.6 Å². The summed E-state index contributed by atoms with van der Waals surface area (Å²) >= 11 is 0. The highest BCUT2D eigenvalue weighted by atomic mass is 16.3. The van der Waals surface area contributed by atoms with E-state index in [0.29, 0.717) is 13.2 Å². The third-order valence-electron chi connectivity index (χ3n) is 5.63. The first-order chi connectivity index (χ1) is 14.1. The van der Waals surface area contributed by atoms with E-state index >= 15 is 0 Å². The van der Waals surface area contributed by atoms with Crippen molar-refractivity contribution in [2.24, 2.45) is 0 Å². The van der Waals surface area contributed by atoms with E-state index in [9.17, 15) is 9.90 Å². The first kappa shape index (κ1) is 23.3. The Hall–Kier alpha value is -2.99. The van der Waals surface area contributed by atoms with Crippen LogP contribution in [0.15, 0.2) is 65.4 Å². The van der Waals surface area contributed by atoms with Gasteiger partial charge < -0.3 is 15.7 Å². The lowest BCUT2D eigenvalue weighted by atomic mass is 10.0. The van der Waals surface area contributed by atoms with Crippen molar-refractivity contribution in [1.82, 2.24) is 15.3 Å². The van der Waals surface area contributed by atoms with Crippen molar-refractivity contribution in [1.29, 1.82) is 0 Å². The van der Waals surface area contributed by atoms with Gasteiger partial charge in [-0.1, -0.05) is 30.4 Å². The van der Waals surface area contributed by atoms with Gasteiger partial charge >= 0.3 is 0 Å². The molecule has 0 saturated heterocycles. The van der Waals surface area contributed by atoms with Crippen molar-refractivity contribution < 1.29 is 9.90 Å². The second kappa shape index (κ2) is 10.2. The predicted molar refractivity (Wildman–Crippen MR) is 124 cm³/mol. The molecule has 1 atom stereocenters. The molecule has 0 saturated carbocycles. The molecule has 1 heterocycles. The molecule has 1 aromatic carbocycles. The van der Waals surface area contributed by atoms with Gasteiger partial charge in [0.25, 0.3) is 5.91 Å². The van der Waals surface area contributed by atoms with Crippen LogP contribution in [0.1, 0.15) is 33.3 Å². The number of aryl methyl sites for hydroxylation is 1. The zero-order valence-corrected chi connectivity index (χ0v) is 18.9. The second-order valence-corrected chi connectivity index (χ2v) is 7.72. The SMILES string of the molecule is C=C(/C=C(C)\C(C)=C/C)C(C)N(C)N1CNC(CNc2ccc(C)c(O)c2)=CC1=O. The molecule has 6 heteroatoms. The Morgan fingerprint density at radius 2 is 2.10 bits per heavy atom.